The van der Waals surface area contributed by atoms with Crippen molar-refractivity contribution in [2.24, 2.45) is 20.4 Å². The third-order valence-electron chi connectivity index (χ3n) is 4.98. The maximum Gasteiger partial charge on any atom is 0.335 e. The lowest BCUT2D eigenvalue weighted by Crippen LogP contribution is -2.32. The molecule has 4 rings (SSSR count). The molecule has 0 aliphatic carbocycles. The molecule has 2 heterocycles. The maximum atomic E-state index is 12.9. The quantitative estimate of drug-likeness (QED) is 0.639. The molecule has 2 amide bonds. The van der Waals surface area contributed by atoms with E-state index in [0.717, 1.165) is 10.0 Å². The molecule has 1 N–H and O–H groups in total. The van der Waals surface area contributed by atoms with E-state index in [1.807, 2.05) is 0 Å². The molecule has 12 heteroatoms. The zero-order valence-electron chi connectivity index (χ0n) is 17.3. The van der Waals surface area contributed by atoms with E-state index in [-0.39, 0.29) is 16.3 Å². The minimum atomic E-state index is -1.12. The van der Waals surface area contributed by atoms with Crippen molar-refractivity contribution < 1.29 is 19.5 Å². The number of rotatable bonds is 5. The lowest BCUT2D eigenvalue weighted by Gasteiger charge is -2.14. The summed E-state index contributed by atoms with van der Waals surface area (Å²) in [5.74, 6) is -2.10. The van der Waals surface area contributed by atoms with Gasteiger partial charge in [0.2, 0.25) is 0 Å². The Morgan fingerprint density at radius 1 is 0.879 bits per heavy atom. The van der Waals surface area contributed by atoms with Crippen molar-refractivity contribution in [3.8, 4) is 0 Å². The maximum absolute atomic E-state index is 12.9. The Bertz CT molecular complexity index is 1280. The van der Waals surface area contributed by atoms with Crippen molar-refractivity contribution in [2.75, 3.05) is 10.0 Å². The van der Waals surface area contributed by atoms with Gasteiger partial charge < -0.3 is 5.11 Å². The standard InChI is InChI=1S/C21H16Cl2N6O4/c1-10-17(19(30)28(26-10)13-5-3-4-12(8-13)21(32)33)24-25-18-11(2)27-29(20(18)31)14-6-7-15(22)16(23)9-14/h3-9,17-18H,1-2H3,(H,32,33). The van der Waals surface area contributed by atoms with Gasteiger partial charge in [0, 0.05) is 0 Å². The molecule has 0 spiro atoms. The van der Waals surface area contributed by atoms with Crippen molar-refractivity contribution in [2.45, 2.75) is 25.9 Å². The Balaban J connectivity index is 1.53. The van der Waals surface area contributed by atoms with Crippen LogP contribution in [0.2, 0.25) is 10.0 Å². The van der Waals surface area contributed by atoms with Crippen molar-refractivity contribution in [3.63, 3.8) is 0 Å². The van der Waals surface area contributed by atoms with Crippen LogP contribution in [0.15, 0.2) is 62.9 Å². The molecular weight excluding hydrogens is 471 g/mol. The molecule has 0 aromatic heterocycles. The van der Waals surface area contributed by atoms with Gasteiger partial charge >= 0.3 is 5.97 Å². The molecule has 2 aliphatic rings. The van der Waals surface area contributed by atoms with Crippen molar-refractivity contribution >= 4 is 63.8 Å². The molecular formula is C21H16Cl2N6O4. The number of amides is 2. The monoisotopic (exact) mass is 486 g/mol. The zero-order valence-corrected chi connectivity index (χ0v) is 18.8. The first kappa shape index (κ1) is 22.6. The Morgan fingerprint density at radius 2 is 1.42 bits per heavy atom. The van der Waals surface area contributed by atoms with Crippen LogP contribution < -0.4 is 10.0 Å². The van der Waals surface area contributed by atoms with E-state index in [2.05, 4.69) is 20.4 Å². The number of nitrogens with zero attached hydrogens (tertiary/aromatic N) is 6. The summed E-state index contributed by atoms with van der Waals surface area (Å²) in [7, 11) is 0. The number of carboxylic acid groups (broad SMARTS) is 1. The van der Waals surface area contributed by atoms with Crippen LogP contribution >= 0.6 is 23.2 Å². The Morgan fingerprint density at radius 3 is 1.94 bits per heavy atom. The number of anilines is 2. The van der Waals surface area contributed by atoms with E-state index < -0.39 is 29.9 Å². The van der Waals surface area contributed by atoms with Crippen LogP contribution in [0.25, 0.3) is 0 Å². The molecule has 2 aromatic carbocycles. The second kappa shape index (κ2) is 8.72. The number of hydrogen-bond donors (Lipinski definition) is 1. The van der Waals surface area contributed by atoms with Crippen LogP contribution in [-0.2, 0) is 9.59 Å². The van der Waals surface area contributed by atoms with E-state index in [9.17, 15) is 19.5 Å². The smallest absolute Gasteiger partial charge is 0.335 e. The van der Waals surface area contributed by atoms with Crippen molar-refractivity contribution in [3.05, 3.63) is 58.1 Å². The third-order valence-corrected chi connectivity index (χ3v) is 5.71. The minimum Gasteiger partial charge on any atom is -0.478 e. The Kier molecular flexibility index (Phi) is 5.96. The van der Waals surface area contributed by atoms with Crippen LogP contribution in [0.3, 0.4) is 0 Å². The molecule has 0 saturated heterocycles. The number of carbonyl (C=O) groups is 3. The summed E-state index contributed by atoms with van der Waals surface area (Å²) >= 11 is 12.0. The molecule has 10 nitrogen and oxygen atoms in total. The third kappa shape index (κ3) is 4.22. The van der Waals surface area contributed by atoms with Gasteiger partial charge in [-0.1, -0.05) is 29.3 Å². The van der Waals surface area contributed by atoms with Crippen LogP contribution in [-0.4, -0.2) is 46.4 Å². The normalized spacial score (nSPS) is 20.6. The molecule has 2 aliphatic heterocycles. The van der Waals surface area contributed by atoms with Crippen molar-refractivity contribution in [1.29, 1.82) is 0 Å². The average Bonchev–Trinajstić information content (AvgIpc) is 3.23. The minimum absolute atomic E-state index is 0.0176. The zero-order chi connectivity index (χ0) is 23.9. The number of carboxylic acids is 1. The number of halogens is 2. The summed E-state index contributed by atoms with van der Waals surface area (Å²) < 4.78 is 0. The van der Waals surface area contributed by atoms with Crippen LogP contribution in [0, 0.1) is 0 Å². The summed E-state index contributed by atoms with van der Waals surface area (Å²) in [6.07, 6.45) is 0. The number of carbonyl (C=O) groups excluding carboxylic acids is 2. The van der Waals surface area contributed by atoms with Gasteiger partial charge in [0.15, 0.2) is 12.1 Å². The highest BCUT2D eigenvalue weighted by atomic mass is 35.5. The van der Waals surface area contributed by atoms with Crippen LogP contribution in [0.4, 0.5) is 11.4 Å². The summed E-state index contributed by atoms with van der Waals surface area (Å²) in [6.45, 7) is 3.22. The molecule has 2 unspecified atom stereocenters. The lowest BCUT2D eigenvalue weighted by molar-refractivity contribution is -0.119. The number of benzene rings is 2. The molecule has 0 fully saturated rings. The summed E-state index contributed by atoms with van der Waals surface area (Å²) in [5.41, 5.74) is 1.47. The van der Waals surface area contributed by atoms with Gasteiger partial charge in [0.25, 0.3) is 11.8 Å². The second-order valence-corrected chi connectivity index (χ2v) is 8.09. The van der Waals surface area contributed by atoms with E-state index in [4.69, 9.17) is 23.2 Å². The number of hydrazone groups is 2. The summed E-state index contributed by atoms with van der Waals surface area (Å²) in [4.78, 5) is 37.0. The largest absolute Gasteiger partial charge is 0.478 e. The second-order valence-electron chi connectivity index (χ2n) is 7.27. The van der Waals surface area contributed by atoms with Crippen LogP contribution in [0.1, 0.15) is 24.2 Å². The lowest BCUT2D eigenvalue weighted by atomic mass is 10.2. The van der Waals surface area contributed by atoms with Gasteiger partial charge in [-0.2, -0.15) is 30.4 Å². The average molecular weight is 487 g/mol. The van der Waals surface area contributed by atoms with E-state index in [0.29, 0.717) is 22.1 Å². The summed E-state index contributed by atoms with van der Waals surface area (Å²) in [5, 5.41) is 28.6. The highest BCUT2D eigenvalue weighted by molar-refractivity contribution is 6.42. The highest BCUT2D eigenvalue weighted by Crippen LogP contribution is 2.30. The molecule has 0 bridgehead atoms. The van der Waals surface area contributed by atoms with Gasteiger partial charge in [-0.3, -0.25) is 9.59 Å². The SMILES string of the molecule is CC1=NN(c2cccc(C(=O)O)c2)C(=O)C1N=NC1C(=O)N(c2ccc(Cl)c(Cl)c2)N=C1C. The first-order chi connectivity index (χ1) is 15.7. The van der Waals surface area contributed by atoms with Gasteiger partial charge in [-0.15, -0.1) is 0 Å². The molecule has 2 atom stereocenters. The Hall–Kier alpha value is -3.63. The van der Waals surface area contributed by atoms with Crippen molar-refractivity contribution in [1.82, 2.24) is 0 Å². The predicted octanol–water partition coefficient (Wildman–Crippen LogP) is 4.03. The molecule has 168 valence electrons. The first-order valence-corrected chi connectivity index (χ1v) is 10.4. The fourth-order valence-corrected chi connectivity index (χ4v) is 3.56. The number of azo groups is 1. The van der Waals surface area contributed by atoms with E-state index in [1.54, 1.807) is 32.0 Å². The predicted molar refractivity (Wildman–Crippen MR) is 123 cm³/mol. The molecule has 0 radical (unpaired) electrons. The molecule has 2 aromatic rings. The molecule has 0 saturated carbocycles. The van der Waals surface area contributed by atoms with E-state index in [1.165, 1.54) is 24.3 Å². The highest BCUT2D eigenvalue weighted by Gasteiger charge is 2.38. The molecule has 33 heavy (non-hydrogen) atoms. The topological polar surface area (TPSA) is 127 Å². The Labute approximate surface area is 197 Å². The number of hydrogen-bond acceptors (Lipinski definition) is 7. The fraction of sp³-hybridized carbons (Fsp3) is 0.190. The van der Waals surface area contributed by atoms with Gasteiger partial charge in [-0.05, 0) is 50.2 Å². The fourth-order valence-electron chi connectivity index (χ4n) is 3.27. The first-order valence-electron chi connectivity index (χ1n) is 9.64. The van der Waals surface area contributed by atoms with Crippen LogP contribution in [0.5, 0.6) is 0 Å². The van der Waals surface area contributed by atoms with Gasteiger partial charge in [-0.25, -0.2) is 4.79 Å². The number of aromatic carboxylic acids is 1. The van der Waals surface area contributed by atoms with Gasteiger partial charge in [0.05, 0.1) is 38.4 Å². The van der Waals surface area contributed by atoms with Gasteiger partial charge in [0.1, 0.15) is 0 Å². The summed E-state index contributed by atoms with van der Waals surface area (Å²) in [6, 6.07) is 8.44. The van der Waals surface area contributed by atoms with E-state index >= 15 is 0 Å².